The number of allylic oxidation sites excluding steroid dienone is 2. The van der Waals surface area contributed by atoms with E-state index in [1.54, 1.807) is 7.11 Å². The fourth-order valence-corrected chi connectivity index (χ4v) is 6.04. The summed E-state index contributed by atoms with van der Waals surface area (Å²) in [5.74, 6) is 1.28. The third kappa shape index (κ3) is 0.900. The van der Waals surface area contributed by atoms with Crippen LogP contribution in [0.4, 0.5) is 0 Å². The topological polar surface area (TPSA) is 46.5 Å². The van der Waals surface area contributed by atoms with Crippen LogP contribution in [-0.2, 0) is 9.53 Å². The molecule has 4 bridgehead atoms. The van der Waals surface area contributed by atoms with Gasteiger partial charge in [0.25, 0.3) is 0 Å². The Morgan fingerprint density at radius 2 is 2.17 bits per heavy atom. The van der Waals surface area contributed by atoms with Crippen LogP contribution in [0.5, 0.6) is 0 Å². The van der Waals surface area contributed by atoms with Crippen LogP contribution in [0.15, 0.2) is 12.2 Å². The van der Waals surface area contributed by atoms with Crippen molar-refractivity contribution < 1.29 is 14.6 Å². The summed E-state index contributed by atoms with van der Waals surface area (Å²) in [6.45, 7) is 2.18. The van der Waals surface area contributed by atoms with Crippen molar-refractivity contribution >= 4 is 5.97 Å². The van der Waals surface area contributed by atoms with Gasteiger partial charge < -0.3 is 9.84 Å². The second-order valence-electron chi connectivity index (χ2n) is 6.91. The molecule has 0 aromatic rings. The zero-order valence-corrected chi connectivity index (χ0v) is 10.9. The number of fused-ring (bicyclic) bond motifs is 9. The number of aliphatic carboxylic acids is 1. The smallest absolute Gasteiger partial charge is 0.310 e. The van der Waals surface area contributed by atoms with E-state index in [0.29, 0.717) is 23.7 Å². The molecule has 3 saturated carbocycles. The molecule has 0 aromatic heterocycles. The van der Waals surface area contributed by atoms with Crippen LogP contribution < -0.4 is 0 Å². The number of carbonyl (C=O) groups is 1. The largest absolute Gasteiger partial charge is 0.481 e. The quantitative estimate of drug-likeness (QED) is 0.602. The van der Waals surface area contributed by atoms with E-state index in [0.717, 1.165) is 19.3 Å². The van der Waals surface area contributed by atoms with Crippen LogP contribution in [0.3, 0.4) is 0 Å². The maximum Gasteiger partial charge on any atom is 0.310 e. The molecule has 1 N–H and O–H groups in total. The van der Waals surface area contributed by atoms with Crippen molar-refractivity contribution in [2.75, 3.05) is 7.11 Å². The predicted molar refractivity (Wildman–Crippen MR) is 65.9 cm³/mol. The lowest BCUT2D eigenvalue weighted by molar-refractivity contribution is -0.166. The van der Waals surface area contributed by atoms with Crippen LogP contribution in [0.25, 0.3) is 0 Å². The number of rotatable bonds is 2. The predicted octanol–water partition coefficient (Wildman–Crippen LogP) is 2.32. The molecule has 0 amide bonds. The van der Waals surface area contributed by atoms with Gasteiger partial charge in [0.05, 0.1) is 11.0 Å². The Labute approximate surface area is 107 Å². The number of hydrogen-bond donors (Lipinski definition) is 1. The number of hydrogen-bond acceptors (Lipinski definition) is 2. The highest BCUT2D eigenvalue weighted by Crippen LogP contribution is 2.74. The van der Waals surface area contributed by atoms with Gasteiger partial charge in [0.15, 0.2) is 0 Å². The lowest BCUT2D eigenvalue weighted by Crippen LogP contribution is -2.53. The number of ether oxygens (including phenoxy) is 1. The average Bonchev–Trinajstić information content (AvgIpc) is 3.04. The highest BCUT2D eigenvalue weighted by atomic mass is 16.5. The average molecular weight is 248 g/mol. The molecule has 4 rings (SSSR count). The van der Waals surface area contributed by atoms with Gasteiger partial charge in [0.2, 0.25) is 0 Å². The molecule has 4 aliphatic carbocycles. The van der Waals surface area contributed by atoms with Crippen LogP contribution in [0.2, 0.25) is 0 Å². The van der Waals surface area contributed by atoms with E-state index < -0.39 is 11.4 Å². The van der Waals surface area contributed by atoms with Crippen molar-refractivity contribution in [3.63, 3.8) is 0 Å². The van der Waals surface area contributed by atoms with E-state index >= 15 is 0 Å². The first-order valence-corrected chi connectivity index (χ1v) is 7.01. The highest BCUT2D eigenvalue weighted by molar-refractivity contribution is 5.79. The van der Waals surface area contributed by atoms with Gasteiger partial charge in [-0.05, 0) is 55.8 Å². The first-order chi connectivity index (χ1) is 8.54. The molecule has 0 heterocycles. The van der Waals surface area contributed by atoms with Crippen LogP contribution in [0, 0.1) is 35.0 Å². The van der Waals surface area contributed by atoms with Crippen molar-refractivity contribution in [1.29, 1.82) is 0 Å². The Bertz CT molecular complexity index is 457. The summed E-state index contributed by atoms with van der Waals surface area (Å²) in [6, 6.07) is 0. The summed E-state index contributed by atoms with van der Waals surface area (Å²) in [6.07, 6.45) is 7.49. The van der Waals surface area contributed by atoms with Gasteiger partial charge in [-0.1, -0.05) is 12.2 Å². The van der Waals surface area contributed by atoms with Crippen molar-refractivity contribution in [3.8, 4) is 0 Å². The molecular formula is C15H20O3. The summed E-state index contributed by atoms with van der Waals surface area (Å²) in [5.41, 5.74) is -0.547. The van der Waals surface area contributed by atoms with E-state index in [4.69, 9.17) is 4.74 Å². The third-order valence-corrected chi connectivity index (χ3v) is 6.66. The minimum Gasteiger partial charge on any atom is -0.481 e. The summed E-state index contributed by atoms with van der Waals surface area (Å²) in [4.78, 5) is 12.0. The molecule has 3 heteroatoms. The van der Waals surface area contributed by atoms with Crippen molar-refractivity contribution in [2.45, 2.75) is 31.8 Å². The molecule has 4 aliphatic rings. The monoisotopic (exact) mass is 248 g/mol. The van der Waals surface area contributed by atoms with E-state index in [2.05, 4.69) is 19.1 Å². The number of methoxy groups -OCH3 is 1. The Kier molecular flexibility index (Phi) is 1.84. The normalized spacial score (nSPS) is 59.3. The fourth-order valence-electron chi connectivity index (χ4n) is 6.04. The molecule has 18 heavy (non-hydrogen) atoms. The Hall–Kier alpha value is -0.830. The lowest BCUT2D eigenvalue weighted by Gasteiger charge is -2.48. The SMILES string of the molecule is COC1(C)CC2CC1C1C3C=CC(C3)C21C(=O)O. The van der Waals surface area contributed by atoms with E-state index in [9.17, 15) is 9.90 Å². The second kappa shape index (κ2) is 3.01. The summed E-state index contributed by atoms with van der Waals surface area (Å²) in [7, 11) is 1.78. The van der Waals surface area contributed by atoms with Gasteiger partial charge in [-0.3, -0.25) is 4.79 Å². The highest BCUT2D eigenvalue weighted by Gasteiger charge is 2.75. The summed E-state index contributed by atoms with van der Waals surface area (Å²) in [5, 5.41) is 9.89. The first kappa shape index (κ1) is 11.0. The molecule has 7 atom stereocenters. The number of carboxylic acid groups (broad SMARTS) is 1. The molecule has 0 aliphatic heterocycles. The van der Waals surface area contributed by atoms with E-state index in [1.165, 1.54) is 0 Å². The van der Waals surface area contributed by atoms with Gasteiger partial charge in [0, 0.05) is 7.11 Å². The van der Waals surface area contributed by atoms with Gasteiger partial charge in [0.1, 0.15) is 0 Å². The second-order valence-corrected chi connectivity index (χ2v) is 6.91. The lowest BCUT2D eigenvalue weighted by atomic mass is 9.58. The van der Waals surface area contributed by atoms with Gasteiger partial charge >= 0.3 is 5.97 Å². The van der Waals surface area contributed by atoms with Crippen molar-refractivity contribution in [2.24, 2.45) is 35.0 Å². The van der Waals surface area contributed by atoms with Crippen molar-refractivity contribution in [1.82, 2.24) is 0 Å². The molecule has 3 fully saturated rings. The summed E-state index contributed by atoms with van der Waals surface area (Å²) < 4.78 is 5.76. The molecule has 0 saturated heterocycles. The summed E-state index contributed by atoms with van der Waals surface area (Å²) >= 11 is 0. The van der Waals surface area contributed by atoms with Gasteiger partial charge in [-0.15, -0.1) is 0 Å². The molecule has 98 valence electrons. The standard InChI is InChI=1S/C15H20O3/c1-14(18-2)7-10-6-11(14)12-8-3-4-9(5-8)15(10,12)13(16)17/h3-4,8-12H,5-7H2,1-2H3,(H,16,17). The third-order valence-electron chi connectivity index (χ3n) is 6.66. The molecule has 0 aromatic carbocycles. The van der Waals surface area contributed by atoms with Crippen LogP contribution >= 0.6 is 0 Å². The number of carboxylic acids is 1. The van der Waals surface area contributed by atoms with Gasteiger partial charge in [-0.25, -0.2) is 0 Å². The Morgan fingerprint density at radius 1 is 1.39 bits per heavy atom. The molecule has 7 unspecified atom stereocenters. The zero-order chi connectivity index (χ0) is 12.7. The Morgan fingerprint density at radius 3 is 2.83 bits per heavy atom. The van der Waals surface area contributed by atoms with E-state index in [-0.39, 0.29) is 11.5 Å². The molecule has 3 nitrogen and oxygen atoms in total. The molecule has 0 spiro atoms. The van der Waals surface area contributed by atoms with E-state index in [1.807, 2.05) is 0 Å². The zero-order valence-electron chi connectivity index (χ0n) is 10.9. The first-order valence-electron chi connectivity index (χ1n) is 7.01. The van der Waals surface area contributed by atoms with Crippen molar-refractivity contribution in [3.05, 3.63) is 12.2 Å². The maximum atomic E-state index is 12.0. The fraction of sp³-hybridized carbons (Fsp3) is 0.800. The maximum absolute atomic E-state index is 12.0. The minimum atomic E-state index is -0.546. The van der Waals surface area contributed by atoms with Crippen LogP contribution in [0.1, 0.15) is 26.2 Å². The molecular weight excluding hydrogens is 228 g/mol. The minimum absolute atomic E-state index is 0.0907. The molecule has 0 radical (unpaired) electrons. The van der Waals surface area contributed by atoms with Gasteiger partial charge in [-0.2, -0.15) is 0 Å². The van der Waals surface area contributed by atoms with Crippen LogP contribution in [-0.4, -0.2) is 23.8 Å². The Balaban J connectivity index is 1.85.